The second-order valence-electron chi connectivity index (χ2n) is 24.9. The van der Waals surface area contributed by atoms with Crippen LogP contribution in [0.1, 0.15) is 419 Å². The zero-order chi connectivity index (χ0) is 57.1. The van der Waals surface area contributed by atoms with Crippen molar-refractivity contribution in [2.24, 2.45) is 0 Å². The highest BCUT2D eigenvalue weighted by molar-refractivity contribution is 5.71. The molecule has 1 atom stereocenters. The van der Waals surface area contributed by atoms with Gasteiger partial charge in [-0.05, 0) is 44.9 Å². The summed E-state index contributed by atoms with van der Waals surface area (Å²) in [4.78, 5) is 38.4. The molecule has 0 spiro atoms. The topological polar surface area (TPSA) is 78.9 Å². The van der Waals surface area contributed by atoms with E-state index in [1.165, 1.54) is 315 Å². The average Bonchev–Trinajstić information content (AvgIpc) is 3.45. The van der Waals surface area contributed by atoms with Gasteiger partial charge in [0.25, 0.3) is 0 Å². The summed E-state index contributed by atoms with van der Waals surface area (Å²) in [6.45, 7) is 6.72. The Balaban J connectivity index is 4.16. The minimum Gasteiger partial charge on any atom is -0.462 e. The summed E-state index contributed by atoms with van der Waals surface area (Å²) in [6, 6.07) is 0. The monoisotopic (exact) mass is 1110 g/mol. The van der Waals surface area contributed by atoms with E-state index in [0.717, 1.165) is 64.2 Å². The maximum Gasteiger partial charge on any atom is 0.306 e. The third-order valence-corrected chi connectivity index (χ3v) is 16.8. The first-order valence-corrected chi connectivity index (χ1v) is 36.2. The van der Waals surface area contributed by atoms with Crippen LogP contribution in [0, 0.1) is 0 Å². The van der Waals surface area contributed by atoms with Gasteiger partial charge in [-0.15, -0.1) is 0 Å². The number of carbonyl (C=O) groups is 3. The van der Waals surface area contributed by atoms with Crippen LogP contribution in [0.5, 0.6) is 0 Å². The lowest BCUT2D eigenvalue weighted by atomic mass is 10.0. The molecule has 0 aliphatic carbocycles. The van der Waals surface area contributed by atoms with Gasteiger partial charge < -0.3 is 14.2 Å². The second kappa shape index (κ2) is 68.6. The summed E-state index contributed by atoms with van der Waals surface area (Å²) >= 11 is 0. The van der Waals surface area contributed by atoms with Gasteiger partial charge in [0.05, 0.1) is 0 Å². The van der Waals surface area contributed by atoms with E-state index in [0.29, 0.717) is 19.3 Å². The Morgan fingerprint density at radius 3 is 0.633 bits per heavy atom. The van der Waals surface area contributed by atoms with Gasteiger partial charge in [0.15, 0.2) is 6.10 Å². The molecule has 1 unspecified atom stereocenters. The molecule has 0 radical (unpaired) electrons. The molecule has 0 amide bonds. The van der Waals surface area contributed by atoms with Gasteiger partial charge >= 0.3 is 17.9 Å². The molecule has 0 aromatic carbocycles. The van der Waals surface area contributed by atoms with E-state index in [9.17, 15) is 14.4 Å². The molecule has 79 heavy (non-hydrogen) atoms. The predicted octanol–water partition coefficient (Wildman–Crippen LogP) is 24.8. The summed E-state index contributed by atoms with van der Waals surface area (Å²) in [6.07, 6.45) is 82.5. The van der Waals surface area contributed by atoms with Crippen molar-refractivity contribution in [3.63, 3.8) is 0 Å². The third-order valence-electron chi connectivity index (χ3n) is 16.8. The number of hydrogen-bond donors (Lipinski definition) is 0. The second-order valence-corrected chi connectivity index (χ2v) is 24.9. The zero-order valence-electron chi connectivity index (χ0n) is 53.9. The summed E-state index contributed by atoms with van der Waals surface area (Å²) in [5, 5.41) is 0. The molecule has 0 saturated heterocycles. The van der Waals surface area contributed by atoms with E-state index < -0.39 is 6.10 Å². The van der Waals surface area contributed by atoms with Crippen molar-refractivity contribution in [1.29, 1.82) is 0 Å². The van der Waals surface area contributed by atoms with Gasteiger partial charge in [-0.1, -0.05) is 367 Å². The number of esters is 3. The Hall–Kier alpha value is -1.85. The Morgan fingerprint density at radius 1 is 0.241 bits per heavy atom. The molecular formula is C73H140O6. The van der Waals surface area contributed by atoms with Crippen LogP contribution in [-0.2, 0) is 28.6 Å². The highest BCUT2D eigenvalue weighted by Crippen LogP contribution is 2.19. The fourth-order valence-corrected chi connectivity index (χ4v) is 11.3. The standard InChI is InChI=1S/C73H140O6/c1-4-7-10-13-16-19-22-25-28-30-31-32-33-34-35-36-37-38-39-40-41-43-45-48-51-54-57-60-63-66-72(75)78-69-70(68-77-71(74)65-62-59-56-53-50-47-44-27-24-21-18-15-12-9-6-3)79-73(76)67-64-61-58-55-52-49-46-42-29-26-23-20-17-14-11-8-5-2/h27,44,70H,4-26,28-43,45-69H2,1-3H3/b44-27-. The SMILES string of the molecule is CCCCCCCC/C=C\CCCCCCCC(=O)OCC(COC(=O)CCCCCCCCCCCCCCCCCCCCCCCCCCCCCCC)OC(=O)CCCCCCCCCCCCCCCCCCC. The van der Waals surface area contributed by atoms with E-state index in [4.69, 9.17) is 14.2 Å². The van der Waals surface area contributed by atoms with Crippen LogP contribution in [0.2, 0.25) is 0 Å². The number of hydrogen-bond acceptors (Lipinski definition) is 6. The highest BCUT2D eigenvalue weighted by atomic mass is 16.6. The van der Waals surface area contributed by atoms with Crippen molar-refractivity contribution in [3.05, 3.63) is 12.2 Å². The Labute approximate surface area is 494 Å². The van der Waals surface area contributed by atoms with Gasteiger partial charge in [0, 0.05) is 19.3 Å². The number of unbranched alkanes of at least 4 members (excludes halogenated alkanes) is 55. The van der Waals surface area contributed by atoms with Gasteiger partial charge in [0.2, 0.25) is 0 Å². The van der Waals surface area contributed by atoms with Crippen molar-refractivity contribution >= 4 is 17.9 Å². The molecule has 0 fully saturated rings. The van der Waals surface area contributed by atoms with Gasteiger partial charge in [-0.25, -0.2) is 0 Å². The van der Waals surface area contributed by atoms with E-state index in [1.54, 1.807) is 0 Å². The molecule has 0 aliphatic heterocycles. The summed E-state index contributed by atoms with van der Waals surface area (Å²) in [5.41, 5.74) is 0. The molecule has 0 aromatic rings. The van der Waals surface area contributed by atoms with Crippen molar-refractivity contribution in [2.75, 3.05) is 13.2 Å². The van der Waals surface area contributed by atoms with E-state index in [-0.39, 0.29) is 31.1 Å². The van der Waals surface area contributed by atoms with E-state index in [1.807, 2.05) is 0 Å². The van der Waals surface area contributed by atoms with Gasteiger partial charge in [-0.3, -0.25) is 14.4 Å². The Kier molecular flexibility index (Phi) is 67.0. The van der Waals surface area contributed by atoms with Crippen molar-refractivity contribution in [3.8, 4) is 0 Å². The van der Waals surface area contributed by atoms with Crippen LogP contribution in [0.25, 0.3) is 0 Å². The van der Waals surface area contributed by atoms with Gasteiger partial charge in [0.1, 0.15) is 13.2 Å². The lowest BCUT2D eigenvalue weighted by Crippen LogP contribution is -2.30. The molecular weight excluding hydrogens is 973 g/mol. The number of carbonyl (C=O) groups excluding carboxylic acids is 3. The van der Waals surface area contributed by atoms with Crippen LogP contribution in [-0.4, -0.2) is 37.2 Å². The molecule has 0 heterocycles. The molecule has 0 aliphatic rings. The Bertz CT molecular complexity index is 1230. The Morgan fingerprint density at radius 2 is 0.418 bits per heavy atom. The number of ether oxygens (including phenoxy) is 3. The molecule has 468 valence electrons. The fraction of sp³-hybridized carbons (Fsp3) is 0.932. The molecule has 6 heteroatoms. The quantitative estimate of drug-likeness (QED) is 0.0261. The zero-order valence-corrected chi connectivity index (χ0v) is 53.9. The normalized spacial score (nSPS) is 12.0. The third kappa shape index (κ3) is 66.8. The summed E-state index contributed by atoms with van der Waals surface area (Å²) in [7, 11) is 0. The fourth-order valence-electron chi connectivity index (χ4n) is 11.3. The van der Waals surface area contributed by atoms with Crippen molar-refractivity contribution < 1.29 is 28.6 Å². The van der Waals surface area contributed by atoms with E-state index in [2.05, 4.69) is 32.9 Å². The molecule has 0 rings (SSSR count). The van der Waals surface area contributed by atoms with Crippen LogP contribution in [0.3, 0.4) is 0 Å². The highest BCUT2D eigenvalue weighted by Gasteiger charge is 2.19. The lowest BCUT2D eigenvalue weighted by Gasteiger charge is -2.18. The molecule has 0 bridgehead atoms. The summed E-state index contributed by atoms with van der Waals surface area (Å²) < 4.78 is 17.0. The molecule has 6 nitrogen and oxygen atoms in total. The van der Waals surface area contributed by atoms with Crippen LogP contribution >= 0.6 is 0 Å². The maximum atomic E-state index is 12.9. The first-order valence-electron chi connectivity index (χ1n) is 36.2. The first-order chi connectivity index (χ1) is 39.0. The number of rotatable bonds is 68. The van der Waals surface area contributed by atoms with Crippen LogP contribution < -0.4 is 0 Å². The summed E-state index contributed by atoms with van der Waals surface area (Å²) in [5.74, 6) is -0.839. The lowest BCUT2D eigenvalue weighted by molar-refractivity contribution is -0.167. The van der Waals surface area contributed by atoms with Crippen molar-refractivity contribution in [2.45, 2.75) is 425 Å². The number of allylic oxidation sites excluding steroid dienone is 2. The van der Waals surface area contributed by atoms with Crippen LogP contribution in [0.15, 0.2) is 12.2 Å². The largest absolute Gasteiger partial charge is 0.462 e. The molecule has 0 aromatic heterocycles. The van der Waals surface area contributed by atoms with Crippen LogP contribution in [0.4, 0.5) is 0 Å². The predicted molar refractivity (Wildman–Crippen MR) is 344 cm³/mol. The van der Waals surface area contributed by atoms with Gasteiger partial charge in [-0.2, -0.15) is 0 Å². The minimum absolute atomic E-state index is 0.0656. The average molecular weight is 1110 g/mol. The van der Waals surface area contributed by atoms with E-state index >= 15 is 0 Å². The van der Waals surface area contributed by atoms with Crippen molar-refractivity contribution in [1.82, 2.24) is 0 Å². The smallest absolute Gasteiger partial charge is 0.306 e. The first kappa shape index (κ1) is 77.2. The maximum absolute atomic E-state index is 12.9. The molecule has 0 saturated carbocycles. The molecule has 0 N–H and O–H groups in total. The minimum atomic E-state index is -0.770.